The summed E-state index contributed by atoms with van der Waals surface area (Å²) >= 11 is 8.24. The maximum atomic E-state index is 13.3. The van der Waals surface area contributed by atoms with E-state index in [2.05, 4.69) is 22.6 Å². The number of benzene rings is 3. The van der Waals surface area contributed by atoms with Gasteiger partial charge in [-0.25, -0.2) is 0 Å². The molecule has 0 N–H and O–H groups in total. The Labute approximate surface area is 176 Å². The first-order chi connectivity index (χ1) is 13.1. The number of rotatable bonds is 3. The lowest BCUT2D eigenvalue weighted by atomic mass is 10.1. The van der Waals surface area contributed by atoms with Crippen LogP contribution >= 0.6 is 34.2 Å². The fourth-order valence-electron chi connectivity index (χ4n) is 3.05. The third-order valence-corrected chi connectivity index (χ3v) is 5.50. The summed E-state index contributed by atoms with van der Waals surface area (Å²) in [4.78, 5) is 15.1. The zero-order valence-corrected chi connectivity index (χ0v) is 17.2. The van der Waals surface area contributed by atoms with E-state index in [0.717, 1.165) is 26.1 Å². The van der Waals surface area contributed by atoms with Crippen molar-refractivity contribution in [3.63, 3.8) is 0 Å². The van der Waals surface area contributed by atoms with Crippen LogP contribution in [0.25, 0.3) is 11.8 Å². The monoisotopic (exact) mass is 483 g/mol. The molecule has 0 aliphatic carbocycles. The van der Waals surface area contributed by atoms with Gasteiger partial charge in [-0.1, -0.05) is 66.2 Å². The summed E-state index contributed by atoms with van der Waals surface area (Å²) in [7, 11) is 0. The zero-order chi connectivity index (χ0) is 18.8. The third-order valence-electron chi connectivity index (χ3n) is 4.34. The Bertz CT molecular complexity index is 1060. The molecule has 0 saturated heterocycles. The van der Waals surface area contributed by atoms with Crippen molar-refractivity contribution in [3.05, 3.63) is 110 Å². The molecule has 4 rings (SSSR count). The summed E-state index contributed by atoms with van der Waals surface area (Å²) in [6.07, 6.45) is 3.85. The van der Waals surface area contributed by atoms with Crippen molar-refractivity contribution in [1.82, 2.24) is 0 Å². The molecule has 0 unspecified atom stereocenters. The molecule has 132 valence electrons. The van der Waals surface area contributed by atoms with Crippen LogP contribution in [0.3, 0.4) is 0 Å². The Morgan fingerprint density at radius 1 is 0.852 bits per heavy atom. The maximum Gasteiger partial charge on any atom is 0.262 e. The van der Waals surface area contributed by atoms with Gasteiger partial charge >= 0.3 is 0 Å². The van der Waals surface area contributed by atoms with Gasteiger partial charge < -0.3 is 0 Å². The van der Waals surface area contributed by atoms with Crippen LogP contribution in [0, 0.1) is 3.57 Å². The Hall–Kier alpha value is -2.37. The molecule has 2 nitrogen and oxygen atoms in total. The normalized spacial score (nSPS) is 15.3. The number of hydrogen-bond donors (Lipinski definition) is 0. The van der Waals surface area contributed by atoms with Crippen molar-refractivity contribution in [1.29, 1.82) is 0 Å². The number of carbonyl (C=O) groups excluding carboxylic acids is 1. The molecule has 0 aromatic heterocycles. The van der Waals surface area contributed by atoms with Crippen molar-refractivity contribution >= 4 is 57.6 Å². The minimum absolute atomic E-state index is 0.0343. The van der Waals surface area contributed by atoms with Crippen molar-refractivity contribution < 1.29 is 4.79 Å². The average molecular weight is 484 g/mol. The minimum atomic E-state index is -0.0343. The van der Waals surface area contributed by atoms with Crippen molar-refractivity contribution in [2.45, 2.75) is 0 Å². The maximum absolute atomic E-state index is 13.3. The topological polar surface area (TPSA) is 20.3 Å². The molecular formula is C23H15ClINO. The molecule has 3 aromatic rings. The number of carbonyl (C=O) groups is 1. The Kier molecular flexibility index (Phi) is 5.14. The molecule has 1 aliphatic rings. The van der Waals surface area contributed by atoms with Gasteiger partial charge in [-0.2, -0.15) is 0 Å². The lowest BCUT2D eigenvalue weighted by Crippen LogP contribution is -2.25. The van der Waals surface area contributed by atoms with Crippen LogP contribution in [-0.2, 0) is 4.79 Å². The first kappa shape index (κ1) is 18.0. The highest BCUT2D eigenvalue weighted by atomic mass is 127. The fraction of sp³-hybridized carbons (Fsp3) is 0. The van der Waals surface area contributed by atoms with E-state index in [0.29, 0.717) is 10.6 Å². The molecular weight excluding hydrogens is 469 g/mol. The summed E-state index contributed by atoms with van der Waals surface area (Å²) in [6.45, 7) is 0. The summed E-state index contributed by atoms with van der Waals surface area (Å²) < 4.78 is 1.03. The third kappa shape index (κ3) is 3.70. The number of amides is 1. The number of hydrogen-bond acceptors (Lipinski definition) is 1. The Balaban J connectivity index is 1.84. The quantitative estimate of drug-likeness (QED) is 0.311. The molecule has 0 atom stereocenters. The number of halogens is 2. The largest absolute Gasteiger partial charge is 0.275 e. The molecule has 0 saturated carbocycles. The summed E-state index contributed by atoms with van der Waals surface area (Å²) in [5.41, 5.74) is 4.36. The molecule has 0 spiro atoms. The summed E-state index contributed by atoms with van der Waals surface area (Å²) in [6, 6.07) is 25.4. The molecule has 1 aliphatic heterocycles. The van der Waals surface area contributed by atoms with E-state index in [1.165, 1.54) is 0 Å². The van der Waals surface area contributed by atoms with Gasteiger partial charge in [0.1, 0.15) is 0 Å². The standard InChI is InChI=1S/C23H15ClINO/c24-19-12-10-16(11-13-19)14-18-15-22(17-6-2-1-3-7-17)26(23(18)27)21-9-5-4-8-20(21)25/h1-15H/b18-14+. The van der Waals surface area contributed by atoms with Crippen molar-refractivity contribution in [2.24, 2.45) is 0 Å². The zero-order valence-electron chi connectivity index (χ0n) is 14.3. The van der Waals surface area contributed by atoms with Crippen molar-refractivity contribution in [3.8, 4) is 0 Å². The lowest BCUT2D eigenvalue weighted by Gasteiger charge is -2.22. The van der Waals surface area contributed by atoms with Crippen LogP contribution in [0.4, 0.5) is 5.69 Å². The van der Waals surface area contributed by atoms with E-state index in [1.807, 2.05) is 91.0 Å². The number of anilines is 1. The first-order valence-corrected chi connectivity index (χ1v) is 9.92. The van der Waals surface area contributed by atoms with Gasteiger partial charge in [0.15, 0.2) is 0 Å². The molecule has 0 fully saturated rings. The smallest absolute Gasteiger partial charge is 0.262 e. The van der Waals surface area contributed by atoms with Crippen LogP contribution in [0.2, 0.25) is 5.02 Å². The Morgan fingerprint density at radius 2 is 1.52 bits per heavy atom. The Morgan fingerprint density at radius 3 is 2.22 bits per heavy atom. The second kappa shape index (κ2) is 7.71. The summed E-state index contributed by atoms with van der Waals surface area (Å²) in [5, 5.41) is 0.677. The van der Waals surface area contributed by atoms with Crippen LogP contribution < -0.4 is 4.90 Å². The fourth-order valence-corrected chi connectivity index (χ4v) is 3.80. The van der Waals surface area contributed by atoms with E-state index < -0.39 is 0 Å². The van der Waals surface area contributed by atoms with Gasteiger partial charge in [-0.15, -0.1) is 0 Å². The van der Waals surface area contributed by atoms with Crippen LogP contribution in [0.5, 0.6) is 0 Å². The molecule has 1 heterocycles. The molecule has 4 heteroatoms. The predicted molar refractivity (Wildman–Crippen MR) is 120 cm³/mol. The van der Waals surface area contributed by atoms with Gasteiger partial charge in [0.2, 0.25) is 0 Å². The lowest BCUT2D eigenvalue weighted by molar-refractivity contribution is -0.113. The van der Waals surface area contributed by atoms with Gasteiger partial charge in [0.25, 0.3) is 5.91 Å². The highest BCUT2D eigenvalue weighted by Gasteiger charge is 2.31. The SMILES string of the molecule is O=C1/C(=C/c2ccc(Cl)cc2)C=C(c2ccccc2)N1c1ccccc1I. The average Bonchev–Trinajstić information content (AvgIpc) is 3.01. The van der Waals surface area contributed by atoms with E-state index in [9.17, 15) is 4.79 Å². The molecule has 3 aromatic carbocycles. The number of nitrogens with zero attached hydrogens (tertiary/aromatic N) is 1. The first-order valence-electron chi connectivity index (χ1n) is 8.47. The van der Waals surface area contributed by atoms with Gasteiger partial charge in [-0.3, -0.25) is 9.69 Å². The highest BCUT2D eigenvalue weighted by molar-refractivity contribution is 14.1. The van der Waals surface area contributed by atoms with Crippen molar-refractivity contribution in [2.75, 3.05) is 4.90 Å². The van der Waals surface area contributed by atoms with E-state index in [-0.39, 0.29) is 5.91 Å². The molecule has 0 bridgehead atoms. The number of para-hydroxylation sites is 1. The van der Waals surface area contributed by atoms with Crippen LogP contribution in [-0.4, -0.2) is 5.91 Å². The molecule has 0 radical (unpaired) electrons. The van der Waals surface area contributed by atoms with E-state index in [1.54, 1.807) is 4.90 Å². The van der Waals surface area contributed by atoms with Gasteiger partial charge in [0.05, 0.1) is 11.4 Å². The van der Waals surface area contributed by atoms with Crippen LogP contribution in [0.15, 0.2) is 90.5 Å². The second-order valence-electron chi connectivity index (χ2n) is 6.14. The molecule has 1 amide bonds. The van der Waals surface area contributed by atoms with Gasteiger partial charge in [-0.05, 0) is 70.1 Å². The predicted octanol–water partition coefficient (Wildman–Crippen LogP) is 6.42. The second-order valence-corrected chi connectivity index (χ2v) is 7.74. The minimum Gasteiger partial charge on any atom is -0.275 e. The van der Waals surface area contributed by atoms with Gasteiger partial charge in [0, 0.05) is 14.2 Å². The van der Waals surface area contributed by atoms with Crippen LogP contribution in [0.1, 0.15) is 11.1 Å². The molecule has 27 heavy (non-hydrogen) atoms. The van der Waals surface area contributed by atoms with E-state index >= 15 is 0 Å². The van der Waals surface area contributed by atoms with E-state index in [4.69, 9.17) is 11.6 Å². The highest BCUT2D eigenvalue weighted by Crippen LogP contribution is 2.37. The summed E-state index contributed by atoms with van der Waals surface area (Å²) in [5.74, 6) is -0.0343.